The topological polar surface area (TPSA) is 32.3 Å². The molecule has 0 fully saturated rings. The molecule has 0 aromatic heterocycles. The van der Waals surface area contributed by atoms with Crippen molar-refractivity contribution in [3.8, 4) is 0 Å². The van der Waals surface area contributed by atoms with Crippen LogP contribution in [0.25, 0.3) is 0 Å². The van der Waals surface area contributed by atoms with E-state index < -0.39 is 5.54 Å². The SMILES string of the molecule is CC(CO)(Nc1cccc(Cl)c1)c1ccc(F)cc1. The highest BCUT2D eigenvalue weighted by atomic mass is 35.5. The van der Waals surface area contributed by atoms with Gasteiger partial charge in [-0.25, -0.2) is 4.39 Å². The lowest BCUT2D eigenvalue weighted by atomic mass is 9.92. The number of rotatable bonds is 4. The zero-order valence-corrected chi connectivity index (χ0v) is 11.3. The van der Waals surface area contributed by atoms with E-state index in [4.69, 9.17) is 11.6 Å². The Morgan fingerprint density at radius 1 is 1.21 bits per heavy atom. The van der Waals surface area contributed by atoms with E-state index >= 15 is 0 Å². The molecule has 0 aliphatic heterocycles. The molecule has 100 valence electrons. The Morgan fingerprint density at radius 3 is 2.47 bits per heavy atom. The summed E-state index contributed by atoms with van der Waals surface area (Å²) >= 11 is 5.93. The van der Waals surface area contributed by atoms with Crippen molar-refractivity contribution in [3.63, 3.8) is 0 Å². The lowest BCUT2D eigenvalue weighted by Crippen LogP contribution is -2.35. The van der Waals surface area contributed by atoms with E-state index in [1.807, 2.05) is 19.1 Å². The minimum Gasteiger partial charge on any atom is -0.394 e. The molecule has 2 nitrogen and oxygen atoms in total. The maximum atomic E-state index is 13.0. The molecule has 0 saturated carbocycles. The summed E-state index contributed by atoms with van der Waals surface area (Å²) in [5.74, 6) is -0.299. The van der Waals surface area contributed by atoms with Gasteiger partial charge in [0.25, 0.3) is 0 Å². The van der Waals surface area contributed by atoms with Gasteiger partial charge in [-0.15, -0.1) is 0 Å². The summed E-state index contributed by atoms with van der Waals surface area (Å²) in [6, 6.07) is 13.3. The summed E-state index contributed by atoms with van der Waals surface area (Å²) in [7, 11) is 0. The van der Waals surface area contributed by atoms with E-state index in [9.17, 15) is 9.50 Å². The zero-order valence-electron chi connectivity index (χ0n) is 10.5. The van der Waals surface area contributed by atoms with E-state index in [2.05, 4.69) is 5.32 Å². The van der Waals surface area contributed by atoms with Gasteiger partial charge in [0.05, 0.1) is 12.1 Å². The molecule has 1 unspecified atom stereocenters. The third-order valence-corrected chi connectivity index (χ3v) is 3.28. The van der Waals surface area contributed by atoms with Crippen molar-refractivity contribution in [2.24, 2.45) is 0 Å². The van der Waals surface area contributed by atoms with Gasteiger partial charge in [-0.3, -0.25) is 0 Å². The summed E-state index contributed by atoms with van der Waals surface area (Å²) < 4.78 is 13.0. The molecule has 0 amide bonds. The molecular formula is C15H15ClFNO. The maximum Gasteiger partial charge on any atom is 0.123 e. The molecule has 0 heterocycles. The zero-order chi connectivity index (χ0) is 13.9. The molecular weight excluding hydrogens is 265 g/mol. The average molecular weight is 280 g/mol. The van der Waals surface area contributed by atoms with Gasteiger partial charge in [0.2, 0.25) is 0 Å². The predicted octanol–water partition coefficient (Wildman–Crippen LogP) is 3.80. The number of halogens is 2. The summed E-state index contributed by atoms with van der Waals surface area (Å²) in [5, 5.41) is 13.5. The van der Waals surface area contributed by atoms with Crippen LogP contribution < -0.4 is 5.32 Å². The highest BCUT2D eigenvalue weighted by molar-refractivity contribution is 6.30. The van der Waals surface area contributed by atoms with E-state index in [1.54, 1.807) is 24.3 Å². The first-order chi connectivity index (χ1) is 9.03. The Kier molecular flexibility index (Phi) is 4.08. The molecule has 0 saturated heterocycles. The van der Waals surface area contributed by atoms with Crippen LogP contribution in [0.5, 0.6) is 0 Å². The Hall–Kier alpha value is -1.58. The molecule has 0 aliphatic rings. The fraction of sp³-hybridized carbons (Fsp3) is 0.200. The smallest absolute Gasteiger partial charge is 0.123 e. The first-order valence-electron chi connectivity index (χ1n) is 5.94. The largest absolute Gasteiger partial charge is 0.394 e. The second kappa shape index (κ2) is 5.59. The molecule has 2 aromatic carbocycles. The molecule has 19 heavy (non-hydrogen) atoms. The van der Waals surface area contributed by atoms with Crippen LogP contribution in [0.3, 0.4) is 0 Å². The Balaban J connectivity index is 2.29. The Bertz CT molecular complexity index is 558. The first kappa shape index (κ1) is 13.8. The van der Waals surface area contributed by atoms with Gasteiger partial charge in [0.15, 0.2) is 0 Å². The molecule has 0 bridgehead atoms. The normalized spacial score (nSPS) is 13.9. The number of anilines is 1. The molecule has 0 radical (unpaired) electrons. The minimum atomic E-state index is -0.696. The van der Waals surface area contributed by atoms with Gasteiger partial charge < -0.3 is 10.4 Å². The van der Waals surface area contributed by atoms with Crippen molar-refractivity contribution < 1.29 is 9.50 Å². The van der Waals surface area contributed by atoms with Crippen molar-refractivity contribution in [1.82, 2.24) is 0 Å². The fourth-order valence-electron chi connectivity index (χ4n) is 1.91. The molecule has 1 atom stereocenters. The minimum absolute atomic E-state index is 0.120. The third-order valence-electron chi connectivity index (χ3n) is 3.04. The number of hydrogen-bond donors (Lipinski definition) is 2. The number of nitrogens with one attached hydrogen (secondary N) is 1. The highest BCUT2D eigenvalue weighted by Crippen LogP contribution is 2.27. The lowest BCUT2D eigenvalue weighted by Gasteiger charge is -2.30. The molecule has 0 aliphatic carbocycles. The van der Waals surface area contributed by atoms with Crippen molar-refractivity contribution in [3.05, 3.63) is 64.9 Å². The van der Waals surface area contributed by atoms with E-state index in [0.29, 0.717) is 5.02 Å². The lowest BCUT2D eigenvalue weighted by molar-refractivity contribution is 0.224. The standard InChI is InChI=1S/C15H15ClFNO/c1-15(10-19,11-5-7-13(17)8-6-11)18-14-4-2-3-12(16)9-14/h2-9,18-19H,10H2,1H3. The van der Waals surface area contributed by atoms with Crippen LogP contribution in [0.4, 0.5) is 10.1 Å². The summed E-state index contributed by atoms with van der Waals surface area (Å²) in [6.45, 7) is 1.73. The predicted molar refractivity (Wildman–Crippen MR) is 75.9 cm³/mol. The average Bonchev–Trinajstić information content (AvgIpc) is 2.39. The monoisotopic (exact) mass is 279 g/mol. The van der Waals surface area contributed by atoms with Crippen LogP contribution in [0, 0.1) is 5.82 Å². The van der Waals surface area contributed by atoms with Crippen LogP contribution in [0.15, 0.2) is 48.5 Å². The van der Waals surface area contributed by atoms with Gasteiger partial charge in [-0.05, 0) is 42.8 Å². The van der Waals surface area contributed by atoms with E-state index in [0.717, 1.165) is 11.3 Å². The second-order valence-corrected chi connectivity index (χ2v) is 5.07. The van der Waals surface area contributed by atoms with Crippen molar-refractivity contribution in [1.29, 1.82) is 0 Å². The molecule has 4 heteroatoms. The highest BCUT2D eigenvalue weighted by Gasteiger charge is 2.25. The molecule has 2 aromatic rings. The third kappa shape index (κ3) is 3.25. The van der Waals surface area contributed by atoms with E-state index in [-0.39, 0.29) is 12.4 Å². The number of aliphatic hydroxyl groups is 1. The molecule has 2 N–H and O–H groups in total. The summed E-state index contributed by atoms with van der Waals surface area (Å²) in [4.78, 5) is 0. The molecule has 2 rings (SSSR count). The van der Waals surface area contributed by atoms with Gasteiger partial charge >= 0.3 is 0 Å². The Morgan fingerprint density at radius 2 is 1.89 bits per heavy atom. The second-order valence-electron chi connectivity index (χ2n) is 4.63. The fourth-order valence-corrected chi connectivity index (χ4v) is 2.10. The summed E-state index contributed by atoms with van der Waals surface area (Å²) in [6.07, 6.45) is 0. The summed E-state index contributed by atoms with van der Waals surface area (Å²) in [5.41, 5.74) is 0.906. The van der Waals surface area contributed by atoms with Crippen molar-refractivity contribution in [2.45, 2.75) is 12.5 Å². The van der Waals surface area contributed by atoms with Crippen LogP contribution in [0.1, 0.15) is 12.5 Å². The quantitative estimate of drug-likeness (QED) is 0.892. The maximum absolute atomic E-state index is 13.0. The van der Waals surface area contributed by atoms with Crippen molar-refractivity contribution in [2.75, 3.05) is 11.9 Å². The van der Waals surface area contributed by atoms with Gasteiger partial charge in [0.1, 0.15) is 5.82 Å². The van der Waals surface area contributed by atoms with Crippen LogP contribution in [-0.4, -0.2) is 11.7 Å². The van der Waals surface area contributed by atoms with Crippen LogP contribution in [0.2, 0.25) is 5.02 Å². The van der Waals surface area contributed by atoms with Crippen molar-refractivity contribution >= 4 is 17.3 Å². The van der Waals surface area contributed by atoms with Gasteiger partial charge in [0, 0.05) is 10.7 Å². The van der Waals surface area contributed by atoms with E-state index in [1.165, 1.54) is 12.1 Å². The first-order valence-corrected chi connectivity index (χ1v) is 6.32. The number of hydrogen-bond acceptors (Lipinski definition) is 2. The van der Waals surface area contributed by atoms with Crippen LogP contribution >= 0.6 is 11.6 Å². The van der Waals surface area contributed by atoms with Gasteiger partial charge in [-0.1, -0.05) is 29.8 Å². The number of aliphatic hydroxyl groups excluding tert-OH is 1. The van der Waals surface area contributed by atoms with Gasteiger partial charge in [-0.2, -0.15) is 0 Å². The van der Waals surface area contributed by atoms with Crippen LogP contribution in [-0.2, 0) is 5.54 Å². The Labute approximate surface area is 116 Å². The number of benzene rings is 2. The molecule has 0 spiro atoms.